The van der Waals surface area contributed by atoms with E-state index in [1.807, 2.05) is 13.8 Å². The first-order valence-electron chi connectivity index (χ1n) is 11.2. The molecule has 35 heavy (non-hydrogen) atoms. The van der Waals surface area contributed by atoms with Gasteiger partial charge in [-0.25, -0.2) is 4.98 Å². The van der Waals surface area contributed by atoms with Crippen molar-refractivity contribution >= 4 is 51.0 Å². The molecule has 1 aromatic heterocycles. The highest BCUT2D eigenvalue weighted by Crippen LogP contribution is 2.24. The summed E-state index contributed by atoms with van der Waals surface area (Å²) in [6, 6.07) is 3.12. The Morgan fingerprint density at radius 1 is 1.06 bits per heavy atom. The second-order valence-electron chi connectivity index (χ2n) is 8.89. The van der Waals surface area contributed by atoms with E-state index < -0.39 is 41.5 Å². The number of carbonyl (C=O) groups is 5. The summed E-state index contributed by atoms with van der Waals surface area (Å²) in [6.45, 7) is 6.83. The Bertz CT molecular complexity index is 1110. The van der Waals surface area contributed by atoms with Gasteiger partial charge in [0.1, 0.15) is 12.1 Å². The molecule has 4 amide bonds. The number of fused-ring (bicyclic) bond motifs is 1. The molecular formula is C23H32N6O5S. The summed E-state index contributed by atoms with van der Waals surface area (Å²) in [6.07, 6.45) is 0.394. The van der Waals surface area contributed by atoms with Crippen LogP contribution in [0.1, 0.15) is 54.3 Å². The third kappa shape index (κ3) is 7.82. The molecule has 2 rings (SSSR count). The summed E-state index contributed by atoms with van der Waals surface area (Å²) in [5.41, 5.74) is 11.5. The molecule has 7 N–H and O–H groups in total. The molecule has 1 aromatic carbocycles. The minimum absolute atomic E-state index is 0.133. The van der Waals surface area contributed by atoms with Gasteiger partial charge in [0, 0.05) is 5.56 Å². The molecule has 0 spiro atoms. The van der Waals surface area contributed by atoms with Crippen LogP contribution in [0.5, 0.6) is 0 Å². The Morgan fingerprint density at radius 3 is 2.31 bits per heavy atom. The maximum atomic E-state index is 12.7. The number of hydrogen-bond acceptors (Lipinski definition) is 8. The van der Waals surface area contributed by atoms with Crippen LogP contribution in [0.3, 0.4) is 0 Å². The number of Topliss-reactive ketones (excluding diaryl/α,β-unsaturated/α-hetero) is 1. The summed E-state index contributed by atoms with van der Waals surface area (Å²) in [5, 5.41) is 7.89. The molecule has 2 unspecified atom stereocenters. The van der Waals surface area contributed by atoms with Crippen molar-refractivity contribution in [3.8, 4) is 0 Å². The molecule has 0 aliphatic carbocycles. The highest BCUT2D eigenvalue weighted by Gasteiger charge is 2.24. The van der Waals surface area contributed by atoms with E-state index in [0.717, 1.165) is 11.3 Å². The number of thiazole rings is 1. The van der Waals surface area contributed by atoms with Gasteiger partial charge < -0.3 is 27.4 Å². The quantitative estimate of drug-likeness (QED) is 0.257. The lowest BCUT2D eigenvalue weighted by molar-refractivity contribution is -0.128. The lowest BCUT2D eigenvalue weighted by atomic mass is 10.0. The molecule has 0 fully saturated rings. The maximum Gasteiger partial charge on any atom is 0.251 e. The van der Waals surface area contributed by atoms with Crippen LogP contribution < -0.4 is 27.4 Å². The molecule has 2 aromatic rings. The van der Waals surface area contributed by atoms with E-state index in [1.165, 1.54) is 0 Å². The first kappa shape index (κ1) is 27.9. The number of hydrogen-bond donors (Lipinski definition) is 5. The van der Waals surface area contributed by atoms with Crippen molar-refractivity contribution in [1.82, 2.24) is 20.9 Å². The number of nitrogens with one attached hydrogen (secondary N) is 3. The fourth-order valence-electron chi connectivity index (χ4n) is 3.30. The van der Waals surface area contributed by atoms with Crippen LogP contribution in [0, 0.1) is 11.8 Å². The van der Waals surface area contributed by atoms with Gasteiger partial charge in [-0.3, -0.25) is 24.0 Å². The van der Waals surface area contributed by atoms with Crippen molar-refractivity contribution in [3.63, 3.8) is 0 Å². The average Bonchev–Trinajstić information content (AvgIpc) is 3.22. The summed E-state index contributed by atoms with van der Waals surface area (Å²) < 4.78 is 0.598. The van der Waals surface area contributed by atoms with Gasteiger partial charge in [-0.2, -0.15) is 0 Å². The van der Waals surface area contributed by atoms with Gasteiger partial charge in [-0.1, -0.05) is 27.7 Å². The first-order chi connectivity index (χ1) is 16.4. The van der Waals surface area contributed by atoms with Gasteiger partial charge in [-0.15, -0.1) is 11.3 Å². The Hall–Kier alpha value is -3.38. The SMILES string of the molecule is CC(C)CC(NC(=O)CN)C(=O)NCC(=O)c1nc2ccc(C(=O)NC(C(N)=O)C(C)C)cc2s1. The van der Waals surface area contributed by atoms with Crippen LogP contribution in [-0.4, -0.2) is 59.6 Å². The van der Waals surface area contributed by atoms with E-state index in [4.69, 9.17) is 11.5 Å². The Balaban J connectivity index is 2.09. The first-order valence-corrected chi connectivity index (χ1v) is 12.1. The Labute approximate surface area is 207 Å². The summed E-state index contributed by atoms with van der Waals surface area (Å²) >= 11 is 1.08. The van der Waals surface area contributed by atoms with Crippen molar-refractivity contribution in [2.45, 2.75) is 46.2 Å². The lowest BCUT2D eigenvalue weighted by Gasteiger charge is -2.19. The van der Waals surface area contributed by atoms with E-state index >= 15 is 0 Å². The number of rotatable bonds is 12. The Morgan fingerprint density at radius 2 is 1.74 bits per heavy atom. The maximum absolute atomic E-state index is 12.7. The zero-order valence-corrected chi connectivity index (χ0v) is 21.0. The molecular weight excluding hydrogens is 472 g/mol. The van der Waals surface area contributed by atoms with Gasteiger partial charge in [0.05, 0.1) is 23.3 Å². The smallest absolute Gasteiger partial charge is 0.251 e. The number of benzene rings is 1. The van der Waals surface area contributed by atoms with E-state index in [1.54, 1.807) is 32.0 Å². The third-order valence-corrected chi connectivity index (χ3v) is 6.18. The molecule has 2 atom stereocenters. The molecule has 0 aliphatic rings. The lowest BCUT2D eigenvalue weighted by Crippen LogP contribution is -2.49. The van der Waals surface area contributed by atoms with Crippen LogP contribution in [-0.2, 0) is 14.4 Å². The van der Waals surface area contributed by atoms with Crippen molar-refractivity contribution in [3.05, 3.63) is 28.8 Å². The predicted molar refractivity (Wildman–Crippen MR) is 133 cm³/mol. The van der Waals surface area contributed by atoms with Gasteiger partial charge in [-0.05, 0) is 36.5 Å². The number of aromatic nitrogens is 1. The van der Waals surface area contributed by atoms with Gasteiger partial charge in [0.15, 0.2) is 5.01 Å². The second-order valence-corrected chi connectivity index (χ2v) is 9.92. The monoisotopic (exact) mass is 504 g/mol. The molecule has 0 aliphatic heterocycles. The number of nitrogens with two attached hydrogens (primary N) is 2. The average molecular weight is 505 g/mol. The standard InChI is InChI=1S/C23H32N6O5S/c1-11(2)7-15(27-18(31)9-24)22(34)26-10-16(30)23-28-14-6-5-13(8-17(14)35-23)21(33)29-19(12(3)4)20(25)32/h5-6,8,11-12,15,19H,7,9-10,24H2,1-4H3,(H2,25,32)(H,26,34)(H,27,31)(H,29,33). The van der Waals surface area contributed by atoms with Crippen molar-refractivity contribution in [2.24, 2.45) is 23.3 Å². The molecule has 0 bridgehead atoms. The zero-order chi connectivity index (χ0) is 26.3. The molecule has 1 heterocycles. The minimum Gasteiger partial charge on any atom is -0.368 e. The molecule has 12 heteroatoms. The Kier molecular flexibility index (Phi) is 9.84. The normalized spacial score (nSPS) is 12.9. The highest BCUT2D eigenvalue weighted by molar-refractivity contribution is 7.20. The van der Waals surface area contributed by atoms with Crippen molar-refractivity contribution < 1.29 is 24.0 Å². The number of nitrogens with zero attached hydrogens (tertiary/aromatic N) is 1. The minimum atomic E-state index is -0.811. The van der Waals surface area contributed by atoms with Gasteiger partial charge in [0.2, 0.25) is 23.5 Å². The predicted octanol–water partition coefficient (Wildman–Crippen LogP) is 0.325. The van der Waals surface area contributed by atoms with Crippen molar-refractivity contribution in [1.29, 1.82) is 0 Å². The fraction of sp³-hybridized carbons (Fsp3) is 0.478. The van der Waals surface area contributed by atoms with Crippen LogP contribution in [0.2, 0.25) is 0 Å². The fourth-order valence-corrected chi connectivity index (χ4v) is 4.24. The number of carbonyl (C=O) groups excluding carboxylic acids is 5. The number of amides is 4. The van der Waals surface area contributed by atoms with Crippen molar-refractivity contribution in [2.75, 3.05) is 13.1 Å². The van der Waals surface area contributed by atoms with Gasteiger partial charge >= 0.3 is 0 Å². The van der Waals surface area contributed by atoms with Crippen LogP contribution >= 0.6 is 11.3 Å². The second kappa shape index (κ2) is 12.4. The van der Waals surface area contributed by atoms with E-state index in [2.05, 4.69) is 20.9 Å². The largest absolute Gasteiger partial charge is 0.368 e. The van der Waals surface area contributed by atoms with E-state index in [-0.39, 0.29) is 29.9 Å². The van der Waals surface area contributed by atoms with Crippen LogP contribution in [0.25, 0.3) is 10.2 Å². The third-order valence-electron chi connectivity index (χ3n) is 5.12. The summed E-state index contributed by atoms with van der Waals surface area (Å²) in [7, 11) is 0. The van der Waals surface area contributed by atoms with Crippen LogP contribution in [0.15, 0.2) is 18.2 Å². The van der Waals surface area contributed by atoms with Crippen LogP contribution in [0.4, 0.5) is 0 Å². The van der Waals surface area contributed by atoms with Gasteiger partial charge in [0.25, 0.3) is 5.91 Å². The molecule has 11 nitrogen and oxygen atoms in total. The summed E-state index contributed by atoms with van der Waals surface area (Å²) in [5.74, 6) is -2.48. The summed E-state index contributed by atoms with van der Waals surface area (Å²) in [4.78, 5) is 65.2. The molecule has 0 saturated carbocycles. The zero-order valence-electron chi connectivity index (χ0n) is 20.2. The van der Waals surface area contributed by atoms with E-state index in [0.29, 0.717) is 22.2 Å². The highest BCUT2D eigenvalue weighted by atomic mass is 32.1. The number of primary amides is 1. The topological polar surface area (TPSA) is 186 Å². The molecule has 0 radical (unpaired) electrons. The van der Waals surface area contributed by atoms with E-state index in [9.17, 15) is 24.0 Å². The number of ketones is 1. The molecule has 0 saturated heterocycles. The molecule has 190 valence electrons.